The number of hydrogen-bond donors (Lipinski definition) is 2. The van der Waals surface area contributed by atoms with Crippen LogP contribution in [0.15, 0.2) is 53.0 Å². The van der Waals surface area contributed by atoms with Crippen molar-refractivity contribution in [1.82, 2.24) is 0 Å². The Morgan fingerprint density at radius 3 is 1.81 bits per heavy atom. The summed E-state index contributed by atoms with van der Waals surface area (Å²) in [5.41, 5.74) is 8.01. The lowest BCUT2D eigenvalue weighted by molar-refractivity contribution is 0.220. The molecule has 1 unspecified atom stereocenters. The van der Waals surface area contributed by atoms with Crippen LogP contribution in [0, 0.1) is 0 Å². The zero-order valence-electron chi connectivity index (χ0n) is 8.60. The van der Waals surface area contributed by atoms with Crippen LogP contribution in [0.4, 0.5) is 5.69 Å². The van der Waals surface area contributed by atoms with Crippen LogP contribution in [0.2, 0.25) is 0 Å². The SMILES string of the molecule is Nc1ccc(C(O)c2ccc(Br)cc2)cc1. The first-order valence-corrected chi connectivity index (χ1v) is 5.75. The van der Waals surface area contributed by atoms with Crippen LogP contribution in [0.5, 0.6) is 0 Å². The Morgan fingerprint density at radius 1 is 0.875 bits per heavy atom. The highest BCUT2D eigenvalue weighted by molar-refractivity contribution is 9.10. The van der Waals surface area contributed by atoms with E-state index in [2.05, 4.69) is 15.9 Å². The van der Waals surface area contributed by atoms with Gasteiger partial charge in [-0.25, -0.2) is 0 Å². The Hall–Kier alpha value is -1.32. The van der Waals surface area contributed by atoms with Gasteiger partial charge in [0.1, 0.15) is 6.10 Å². The number of hydrogen-bond acceptors (Lipinski definition) is 2. The molecule has 2 aromatic carbocycles. The summed E-state index contributed by atoms with van der Waals surface area (Å²) in [6.45, 7) is 0. The number of benzene rings is 2. The Morgan fingerprint density at radius 2 is 1.31 bits per heavy atom. The highest BCUT2D eigenvalue weighted by atomic mass is 79.9. The van der Waals surface area contributed by atoms with E-state index in [0.717, 1.165) is 15.6 Å². The van der Waals surface area contributed by atoms with E-state index in [1.54, 1.807) is 12.1 Å². The van der Waals surface area contributed by atoms with Crippen molar-refractivity contribution >= 4 is 21.6 Å². The van der Waals surface area contributed by atoms with Gasteiger partial charge in [-0.15, -0.1) is 0 Å². The second kappa shape index (κ2) is 4.68. The van der Waals surface area contributed by atoms with Crippen LogP contribution in [0.3, 0.4) is 0 Å². The molecule has 0 bridgehead atoms. The molecule has 0 spiro atoms. The van der Waals surface area contributed by atoms with Gasteiger partial charge in [0.05, 0.1) is 0 Å². The lowest BCUT2D eigenvalue weighted by Crippen LogP contribution is -1.99. The van der Waals surface area contributed by atoms with Gasteiger partial charge in [-0.1, -0.05) is 40.2 Å². The number of aliphatic hydroxyl groups is 1. The van der Waals surface area contributed by atoms with Gasteiger partial charge >= 0.3 is 0 Å². The molecule has 0 saturated heterocycles. The van der Waals surface area contributed by atoms with E-state index < -0.39 is 6.10 Å². The summed E-state index contributed by atoms with van der Waals surface area (Å²) in [6, 6.07) is 14.9. The third-order valence-corrected chi connectivity index (χ3v) is 2.97. The molecule has 0 saturated carbocycles. The number of nitrogens with two attached hydrogens (primary N) is 1. The smallest absolute Gasteiger partial charge is 0.104 e. The summed E-state index contributed by atoms with van der Waals surface area (Å²) in [5.74, 6) is 0. The monoisotopic (exact) mass is 277 g/mol. The standard InChI is InChI=1S/C13H12BrNO/c14-11-5-1-9(2-6-11)13(16)10-3-7-12(15)8-4-10/h1-8,13,16H,15H2. The number of aliphatic hydroxyl groups excluding tert-OH is 1. The Kier molecular flexibility index (Phi) is 3.27. The Bertz CT molecular complexity index is 419. The lowest BCUT2D eigenvalue weighted by Gasteiger charge is -2.11. The van der Waals surface area contributed by atoms with Gasteiger partial charge in [-0.3, -0.25) is 0 Å². The lowest BCUT2D eigenvalue weighted by atomic mass is 10.0. The second-order valence-electron chi connectivity index (χ2n) is 3.62. The molecule has 0 amide bonds. The van der Waals surface area contributed by atoms with Crippen molar-refractivity contribution in [2.75, 3.05) is 5.73 Å². The van der Waals surface area contributed by atoms with Gasteiger partial charge in [0.2, 0.25) is 0 Å². The molecule has 2 nitrogen and oxygen atoms in total. The molecule has 0 aromatic heterocycles. The molecular weight excluding hydrogens is 266 g/mol. The summed E-state index contributed by atoms with van der Waals surface area (Å²) in [4.78, 5) is 0. The predicted octanol–water partition coefficient (Wildman–Crippen LogP) is 3.11. The molecule has 3 heteroatoms. The van der Waals surface area contributed by atoms with Gasteiger partial charge in [-0.2, -0.15) is 0 Å². The molecule has 82 valence electrons. The maximum Gasteiger partial charge on any atom is 0.104 e. The van der Waals surface area contributed by atoms with Crippen molar-refractivity contribution in [2.45, 2.75) is 6.10 Å². The first-order valence-electron chi connectivity index (χ1n) is 4.96. The maximum atomic E-state index is 10.1. The third kappa shape index (κ3) is 2.43. The first-order chi connectivity index (χ1) is 7.66. The average molecular weight is 278 g/mol. The van der Waals surface area contributed by atoms with Crippen LogP contribution in [-0.4, -0.2) is 5.11 Å². The molecule has 0 heterocycles. The maximum absolute atomic E-state index is 10.1. The molecule has 0 aliphatic carbocycles. The quantitative estimate of drug-likeness (QED) is 0.829. The number of nitrogen functional groups attached to an aromatic ring is 1. The zero-order valence-corrected chi connectivity index (χ0v) is 10.2. The van der Waals surface area contributed by atoms with Crippen LogP contribution < -0.4 is 5.73 Å². The van der Waals surface area contributed by atoms with E-state index in [4.69, 9.17) is 5.73 Å². The summed E-state index contributed by atoms with van der Waals surface area (Å²) in [6.07, 6.45) is -0.603. The molecule has 2 aromatic rings. The summed E-state index contributed by atoms with van der Waals surface area (Å²) >= 11 is 3.36. The van der Waals surface area contributed by atoms with Crippen LogP contribution >= 0.6 is 15.9 Å². The van der Waals surface area contributed by atoms with Crippen LogP contribution in [-0.2, 0) is 0 Å². The Labute approximate surface area is 103 Å². The number of anilines is 1. The van der Waals surface area contributed by atoms with E-state index in [1.807, 2.05) is 36.4 Å². The van der Waals surface area contributed by atoms with E-state index in [0.29, 0.717) is 5.69 Å². The van der Waals surface area contributed by atoms with Crippen molar-refractivity contribution in [2.24, 2.45) is 0 Å². The van der Waals surface area contributed by atoms with Crippen molar-refractivity contribution in [3.8, 4) is 0 Å². The molecule has 0 fully saturated rings. The van der Waals surface area contributed by atoms with Crippen LogP contribution in [0.25, 0.3) is 0 Å². The zero-order chi connectivity index (χ0) is 11.5. The third-order valence-electron chi connectivity index (χ3n) is 2.44. The van der Waals surface area contributed by atoms with Gasteiger partial charge in [-0.05, 0) is 35.4 Å². The van der Waals surface area contributed by atoms with Crippen LogP contribution in [0.1, 0.15) is 17.2 Å². The minimum Gasteiger partial charge on any atom is -0.399 e. The van der Waals surface area contributed by atoms with Crippen molar-refractivity contribution in [3.63, 3.8) is 0 Å². The van der Waals surface area contributed by atoms with Crippen molar-refractivity contribution < 1.29 is 5.11 Å². The fourth-order valence-corrected chi connectivity index (χ4v) is 1.78. The van der Waals surface area contributed by atoms with E-state index >= 15 is 0 Å². The molecule has 0 aliphatic heterocycles. The Balaban J connectivity index is 2.28. The molecule has 0 radical (unpaired) electrons. The normalized spacial score (nSPS) is 12.4. The van der Waals surface area contributed by atoms with E-state index in [1.165, 1.54) is 0 Å². The topological polar surface area (TPSA) is 46.2 Å². The molecular formula is C13H12BrNO. The average Bonchev–Trinajstić information content (AvgIpc) is 2.30. The second-order valence-corrected chi connectivity index (χ2v) is 4.54. The molecule has 0 aliphatic rings. The fraction of sp³-hybridized carbons (Fsp3) is 0.0769. The number of rotatable bonds is 2. The minimum atomic E-state index is -0.603. The van der Waals surface area contributed by atoms with Crippen molar-refractivity contribution in [3.05, 3.63) is 64.1 Å². The summed E-state index contributed by atoms with van der Waals surface area (Å²) < 4.78 is 1.00. The number of halogens is 1. The molecule has 3 N–H and O–H groups in total. The largest absolute Gasteiger partial charge is 0.399 e. The van der Waals surface area contributed by atoms with Gasteiger partial charge in [0, 0.05) is 10.2 Å². The van der Waals surface area contributed by atoms with Gasteiger partial charge in [0.15, 0.2) is 0 Å². The van der Waals surface area contributed by atoms with E-state index in [-0.39, 0.29) is 0 Å². The summed E-state index contributed by atoms with van der Waals surface area (Å²) in [7, 11) is 0. The highest BCUT2D eigenvalue weighted by Gasteiger charge is 2.09. The van der Waals surface area contributed by atoms with Gasteiger partial charge in [0.25, 0.3) is 0 Å². The molecule has 1 atom stereocenters. The highest BCUT2D eigenvalue weighted by Crippen LogP contribution is 2.23. The molecule has 2 rings (SSSR count). The van der Waals surface area contributed by atoms with E-state index in [9.17, 15) is 5.11 Å². The first kappa shape index (κ1) is 11.2. The molecule has 16 heavy (non-hydrogen) atoms. The summed E-state index contributed by atoms with van der Waals surface area (Å²) in [5, 5.41) is 10.1. The van der Waals surface area contributed by atoms with Crippen molar-refractivity contribution in [1.29, 1.82) is 0 Å². The van der Waals surface area contributed by atoms with Gasteiger partial charge < -0.3 is 10.8 Å². The minimum absolute atomic E-state index is 0.603. The fourth-order valence-electron chi connectivity index (χ4n) is 1.52. The predicted molar refractivity (Wildman–Crippen MR) is 69.1 cm³/mol.